The molecule has 0 saturated heterocycles. The summed E-state index contributed by atoms with van der Waals surface area (Å²) in [6.07, 6.45) is 2.09. The summed E-state index contributed by atoms with van der Waals surface area (Å²) in [7, 11) is 1.32. The number of esters is 1. The van der Waals surface area contributed by atoms with Crippen molar-refractivity contribution in [2.45, 2.75) is 6.42 Å². The second-order valence-corrected chi connectivity index (χ2v) is 4.79. The quantitative estimate of drug-likeness (QED) is 0.498. The van der Waals surface area contributed by atoms with E-state index in [1.165, 1.54) is 7.11 Å². The van der Waals surface area contributed by atoms with Crippen LogP contribution in [0.4, 0.5) is 0 Å². The predicted molar refractivity (Wildman–Crippen MR) is 76.6 cm³/mol. The fourth-order valence-electron chi connectivity index (χ4n) is 1.27. The van der Waals surface area contributed by atoms with Crippen LogP contribution in [0.3, 0.4) is 0 Å². The Labute approximate surface area is 120 Å². The summed E-state index contributed by atoms with van der Waals surface area (Å²) >= 11 is 2.23. The minimum atomic E-state index is -0.363. The lowest BCUT2D eigenvalue weighted by atomic mass is 10.1. The van der Waals surface area contributed by atoms with Crippen LogP contribution in [-0.2, 0) is 16.0 Å². The fraction of sp³-hybridized carbons (Fsp3) is 0.231. The molecule has 1 aromatic rings. The van der Waals surface area contributed by atoms with E-state index in [2.05, 4.69) is 38.7 Å². The van der Waals surface area contributed by atoms with Gasteiger partial charge in [-0.25, -0.2) is 0 Å². The average Bonchev–Trinajstić information content (AvgIpc) is 2.39. The normalized spacial score (nSPS) is 10.6. The molecule has 5 heteroatoms. The Hall–Kier alpha value is -1.55. The number of nitrogens with zero attached hydrogens (tertiary/aromatic N) is 1. The van der Waals surface area contributed by atoms with Crippen LogP contribution < -0.4 is 5.32 Å². The van der Waals surface area contributed by atoms with Crippen molar-refractivity contribution < 1.29 is 9.53 Å². The number of carbonyl (C=O) groups excluding carboxylic acids is 1. The van der Waals surface area contributed by atoms with E-state index in [9.17, 15) is 4.79 Å². The molecule has 0 aliphatic carbocycles. The smallest absolute Gasteiger partial charge is 0.325 e. The lowest BCUT2D eigenvalue weighted by molar-refractivity contribution is -0.139. The van der Waals surface area contributed by atoms with Gasteiger partial charge in [-0.2, -0.15) is 5.26 Å². The van der Waals surface area contributed by atoms with Crippen molar-refractivity contribution >= 4 is 28.6 Å². The highest BCUT2D eigenvalue weighted by Gasteiger charge is 2.00. The van der Waals surface area contributed by atoms with Crippen molar-refractivity contribution in [2.75, 3.05) is 13.7 Å². The first kappa shape index (κ1) is 14.5. The van der Waals surface area contributed by atoms with E-state index >= 15 is 0 Å². The zero-order chi connectivity index (χ0) is 13.4. The molecule has 0 radical (unpaired) electrons. The Morgan fingerprint density at radius 1 is 1.50 bits per heavy atom. The van der Waals surface area contributed by atoms with Crippen molar-refractivity contribution in [3.63, 3.8) is 0 Å². The molecule has 0 bridgehead atoms. The van der Waals surface area contributed by atoms with E-state index in [0.717, 1.165) is 9.13 Å². The molecule has 0 aliphatic rings. The van der Waals surface area contributed by atoms with E-state index in [-0.39, 0.29) is 12.5 Å². The Kier molecular flexibility index (Phi) is 6.22. The first-order chi connectivity index (χ1) is 8.65. The van der Waals surface area contributed by atoms with Crippen molar-refractivity contribution in [3.8, 4) is 6.07 Å². The minimum Gasteiger partial charge on any atom is -0.468 e. The van der Waals surface area contributed by atoms with Crippen LogP contribution in [-0.4, -0.2) is 19.6 Å². The minimum absolute atomic E-state index is 0.0639. The van der Waals surface area contributed by atoms with Crippen LogP contribution in [0.1, 0.15) is 5.56 Å². The molecular weight excluding hydrogens is 343 g/mol. The molecule has 94 valence electrons. The molecule has 1 rings (SSSR count). The zero-order valence-corrected chi connectivity index (χ0v) is 12.1. The van der Waals surface area contributed by atoms with E-state index in [0.29, 0.717) is 12.0 Å². The zero-order valence-electron chi connectivity index (χ0n) is 9.94. The summed E-state index contributed by atoms with van der Waals surface area (Å²) in [6, 6.07) is 10.0. The van der Waals surface area contributed by atoms with Gasteiger partial charge >= 0.3 is 5.97 Å². The van der Waals surface area contributed by atoms with Gasteiger partial charge in [-0.3, -0.25) is 4.79 Å². The first-order valence-corrected chi connectivity index (χ1v) is 6.37. The van der Waals surface area contributed by atoms with Gasteiger partial charge in [0.2, 0.25) is 0 Å². The second kappa shape index (κ2) is 7.71. The lowest BCUT2D eigenvalue weighted by Crippen LogP contribution is -2.19. The van der Waals surface area contributed by atoms with Crippen molar-refractivity contribution in [1.82, 2.24) is 5.32 Å². The molecule has 0 heterocycles. The summed E-state index contributed by atoms with van der Waals surface area (Å²) < 4.78 is 5.64. The van der Waals surface area contributed by atoms with Crippen LogP contribution in [0.5, 0.6) is 0 Å². The molecule has 0 unspecified atom stereocenters. The second-order valence-electron chi connectivity index (χ2n) is 3.54. The number of ether oxygens (including phenoxy) is 1. The number of halogens is 1. The highest BCUT2D eigenvalue weighted by atomic mass is 127. The Morgan fingerprint density at radius 2 is 2.17 bits per heavy atom. The Balaban J connectivity index is 2.56. The Bertz CT molecular complexity index is 475. The molecule has 0 amide bonds. The maximum Gasteiger partial charge on any atom is 0.325 e. The van der Waals surface area contributed by atoms with Crippen molar-refractivity contribution in [2.24, 2.45) is 0 Å². The average molecular weight is 356 g/mol. The van der Waals surface area contributed by atoms with Crippen molar-refractivity contribution in [1.29, 1.82) is 5.26 Å². The summed E-state index contributed by atoms with van der Waals surface area (Å²) in [5.74, 6) is -0.363. The summed E-state index contributed by atoms with van der Waals surface area (Å²) in [4.78, 5) is 10.9. The summed E-state index contributed by atoms with van der Waals surface area (Å²) in [6.45, 7) is 0.0639. The van der Waals surface area contributed by atoms with Gasteiger partial charge in [0.25, 0.3) is 0 Å². The van der Waals surface area contributed by atoms with Crippen LogP contribution in [0, 0.1) is 14.9 Å². The highest BCUT2D eigenvalue weighted by molar-refractivity contribution is 14.1. The summed E-state index contributed by atoms with van der Waals surface area (Å²) in [5.41, 5.74) is 1.63. The third kappa shape index (κ3) is 5.19. The topological polar surface area (TPSA) is 62.1 Å². The molecule has 4 nitrogen and oxygen atoms in total. The van der Waals surface area contributed by atoms with E-state index in [4.69, 9.17) is 5.26 Å². The van der Waals surface area contributed by atoms with E-state index in [1.54, 1.807) is 6.20 Å². The first-order valence-electron chi connectivity index (χ1n) is 5.29. The molecule has 0 aromatic heterocycles. The molecule has 0 fully saturated rings. The van der Waals surface area contributed by atoms with Crippen LogP contribution in [0.15, 0.2) is 36.0 Å². The number of rotatable bonds is 5. The summed E-state index contributed by atoms with van der Waals surface area (Å²) in [5, 5.41) is 11.7. The molecule has 18 heavy (non-hydrogen) atoms. The standard InChI is InChI=1S/C13H13IN2O2/c1-18-13(17)9-16-8-11(7-15)6-10-2-4-12(14)5-3-10/h2-5,8,16H,6,9H2,1H3/b11-8-. The molecule has 0 saturated carbocycles. The van der Waals surface area contributed by atoms with Gasteiger partial charge < -0.3 is 10.1 Å². The number of hydrogen-bond donors (Lipinski definition) is 1. The third-order valence-corrected chi connectivity index (χ3v) is 2.92. The van der Waals surface area contributed by atoms with Crippen LogP contribution >= 0.6 is 22.6 Å². The largest absolute Gasteiger partial charge is 0.468 e. The number of benzene rings is 1. The molecule has 0 aliphatic heterocycles. The molecule has 1 aromatic carbocycles. The number of methoxy groups -OCH3 is 1. The Morgan fingerprint density at radius 3 is 2.72 bits per heavy atom. The van der Waals surface area contributed by atoms with Gasteiger partial charge in [0, 0.05) is 21.8 Å². The van der Waals surface area contributed by atoms with E-state index in [1.807, 2.05) is 24.3 Å². The number of nitriles is 1. The highest BCUT2D eigenvalue weighted by Crippen LogP contribution is 2.10. The molecule has 1 N–H and O–H groups in total. The van der Waals surface area contributed by atoms with E-state index < -0.39 is 0 Å². The van der Waals surface area contributed by atoms with Gasteiger partial charge in [0.05, 0.1) is 13.2 Å². The monoisotopic (exact) mass is 356 g/mol. The molecule has 0 spiro atoms. The number of carbonyl (C=O) groups is 1. The van der Waals surface area contributed by atoms with Gasteiger partial charge in [-0.1, -0.05) is 12.1 Å². The lowest BCUT2D eigenvalue weighted by Gasteiger charge is -2.02. The molecule has 0 atom stereocenters. The van der Waals surface area contributed by atoms with Gasteiger partial charge in [-0.05, 0) is 40.3 Å². The number of hydrogen-bond acceptors (Lipinski definition) is 4. The van der Waals surface area contributed by atoms with Gasteiger partial charge in [0.1, 0.15) is 6.54 Å². The third-order valence-electron chi connectivity index (χ3n) is 2.20. The fourth-order valence-corrected chi connectivity index (χ4v) is 1.63. The SMILES string of the molecule is COC(=O)CN/C=C(\C#N)Cc1ccc(I)cc1. The van der Waals surface area contributed by atoms with Crippen molar-refractivity contribution in [3.05, 3.63) is 45.2 Å². The van der Waals surface area contributed by atoms with Gasteiger partial charge in [-0.15, -0.1) is 0 Å². The predicted octanol–water partition coefficient (Wildman–Crippen LogP) is 2.00. The number of allylic oxidation sites excluding steroid dienone is 1. The molecular formula is C13H13IN2O2. The van der Waals surface area contributed by atoms with Gasteiger partial charge in [0.15, 0.2) is 0 Å². The van der Waals surface area contributed by atoms with Crippen LogP contribution in [0.25, 0.3) is 0 Å². The number of nitrogens with one attached hydrogen (secondary N) is 1. The maximum atomic E-state index is 10.9. The van der Waals surface area contributed by atoms with Crippen LogP contribution in [0.2, 0.25) is 0 Å². The maximum absolute atomic E-state index is 10.9.